The lowest BCUT2D eigenvalue weighted by Crippen LogP contribution is -2.27. The Morgan fingerprint density at radius 2 is 2.24 bits per heavy atom. The SMILES string of the molecule is O=C(CCCOc1c[c]ccc1)N1CCCC1. The highest BCUT2D eigenvalue weighted by atomic mass is 16.5. The van der Waals surface area contributed by atoms with Gasteiger partial charge < -0.3 is 9.64 Å². The number of rotatable bonds is 5. The summed E-state index contributed by atoms with van der Waals surface area (Å²) in [5.74, 6) is 1.09. The van der Waals surface area contributed by atoms with Crippen molar-refractivity contribution in [3.63, 3.8) is 0 Å². The number of nitrogens with zero attached hydrogens (tertiary/aromatic N) is 1. The van der Waals surface area contributed by atoms with Gasteiger partial charge in [-0.3, -0.25) is 4.79 Å². The number of ether oxygens (including phenoxy) is 1. The molecular weight excluding hydrogens is 214 g/mol. The number of carbonyl (C=O) groups is 1. The Morgan fingerprint density at radius 3 is 2.94 bits per heavy atom. The van der Waals surface area contributed by atoms with E-state index < -0.39 is 0 Å². The summed E-state index contributed by atoms with van der Waals surface area (Å²) in [5, 5.41) is 0. The maximum Gasteiger partial charge on any atom is 0.222 e. The minimum Gasteiger partial charge on any atom is -0.494 e. The fourth-order valence-corrected chi connectivity index (χ4v) is 2.00. The molecule has 1 aliphatic rings. The van der Waals surface area contributed by atoms with E-state index in [1.165, 1.54) is 0 Å². The predicted molar refractivity (Wildman–Crippen MR) is 65.8 cm³/mol. The fourth-order valence-electron chi connectivity index (χ4n) is 2.00. The standard InChI is InChI=1S/C14H18NO2/c16-14(15-10-4-5-11-15)9-6-12-17-13-7-2-1-3-8-13/h1-2,7-8H,4-6,9-12H2. The number of carbonyl (C=O) groups excluding carboxylic acids is 1. The summed E-state index contributed by atoms with van der Waals surface area (Å²) < 4.78 is 5.52. The van der Waals surface area contributed by atoms with Crippen molar-refractivity contribution in [1.82, 2.24) is 4.90 Å². The van der Waals surface area contributed by atoms with Gasteiger partial charge in [-0.2, -0.15) is 0 Å². The Balaban J connectivity index is 1.61. The maximum atomic E-state index is 11.7. The molecule has 1 aromatic carbocycles. The molecule has 1 radical (unpaired) electrons. The molecule has 3 nitrogen and oxygen atoms in total. The number of hydrogen-bond donors (Lipinski definition) is 0. The molecule has 1 amide bonds. The van der Waals surface area contributed by atoms with Gasteiger partial charge in [0.1, 0.15) is 5.75 Å². The Labute approximate surface area is 102 Å². The van der Waals surface area contributed by atoms with Gasteiger partial charge in [0.05, 0.1) is 6.61 Å². The molecule has 0 aliphatic carbocycles. The zero-order chi connectivity index (χ0) is 11.9. The monoisotopic (exact) mass is 232 g/mol. The quantitative estimate of drug-likeness (QED) is 0.729. The lowest BCUT2D eigenvalue weighted by molar-refractivity contribution is -0.130. The third-order valence-electron chi connectivity index (χ3n) is 2.94. The van der Waals surface area contributed by atoms with Crippen LogP contribution >= 0.6 is 0 Å². The van der Waals surface area contributed by atoms with Crippen LogP contribution in [0.15, 0.2) is 24.3 Å². The van der Waals surface area contributed by atoms with E-state index in [1.54, 1.807) is 0 Å². The number of amides is 1. The fraction of sp³-hybridized carbons (Fsp3) is 0.500. The van der Waals surface area contributed by atoms with Crippen molar-refractivity contribution in [3.05, 3.63) is 30.3 Å². The zero-order valence-electron chi connectivity index (χ0n) is 10.0. The lowest BCUT2D eigenvalue weighted by Gasteiger charge is -2.14. The topological polar surface area (TPSA) is 29.5 Å². The molecule has 91 valence electrons. The lowest BCUT2D eigenvalue weighted by atomic mass is 10.3. The predicted octanol–water partition coefficient (Wildman–Crippen LogP) is 2.27. The Hall–Kier alpha value is -1.51. The van der Waals surface area contributed by atoms with Crippen LogP contribution in [0.5, 0.6) is 5.75 Å². The van der Waals surface area contributed by atoms with Crippen molar-refractivity contribution in [1.29, 1.82) is 0 Å². The first kappa shape index (κ1) is 12.0. The number of likely N-dealkylation sites (tertiary alicyclic amines) is 1. The van der Waals surface area contributed by atoms with Gasteiger partial charge in [-0.1, -0.05) is 12.1 Å². The molecule has 0 spiro atoms. The summed E-state index contributed by atoms with van der Waals surface area (Å²) in [6.07, 6.45) is 3.69. The highest BCUT2D eigenvalue weighted by molar-refractivity contribution is 5.76. The Kier molecular flexibility index (Phi) is 4.42. The first-order chi connectivity index (χ1) is 8.36. The van der Waals surface area contributed by atoms with Crippen molar-refractivity contribution in [2.75, 3.05) is 19.7 Å². The van der Waals surface area contributed by atoms with Crippen LogP contribution in [0.25, 0.3) is 0 Å². The van der Waals surface area contributed by atoms with Crippen LogP contribution in [0.4, 0.5) is 0 Å². The molecule has 3 heteroatoms. The van der Waals surface area contributed by atoms with E-state index in [0.29, 0.717) is 13.0 Å². The van der Waals surface area contributed by atoms with Crippen LogP contribution in [0.1, 0.15) is 25.7 Å². The van der Waals surface area contributed by atoms with Crippen LogP contribution in [0.3, 0.4) is 0 Å². The summed E-state index contributed by atoms with van der Waals surface area (Å²) in [7, 11) is 0. The smallest absolute Gasteiger partial charge is 0.222 e. The maximum absolute atomic E-state index is 11.7. The molecule has 1 saturated heterocycles. The second-order valence-corrected chi connectivity index (χ2v) is 4.28. The van der Waals surface area contributed by atoms with E-state index >= 15 is 0 Å². The van der Waals surface area contributed by atoms with Crippen molar-refractivity contribution in [3.8, 4) is 5.75 Å². The highest BCUT2D eigenvalue weighted by Gasteiger charge is 2.16. The first-order valence-corrected chi connectivity index (χ1v) is 6.23. The van der Waals surface area contributed by atoms with Crippen LogP contribution in [0, 0.1) is 6.07 Å². The van der Waals surface area contributed by atoms with Crippen molar-refractivity contribution in [2.45, 2.75) is 25.7 Å². The average Bonchev–Trinajstić information content (AvgIpc) is 2.89. The highest BCUT2D eigenvalue weighted by Crippen LogP contribution is 2.11. The molecule has 0 saturated carbocycles. The van der Waals surface area contributed by atoms with Crippen LogP contribution < -0.4 is 4.74 Å². The summed E-state index contributed by atoms with van der Waals surface area (Å²) in [6, 6.07) is 10.4. The first-order valence-electron chi connectivity index (χ1n) is 6.23. The number of benzene rings is 1. The van der Waals surface area contributed by atoms with E-state index in [9.17, 15) is 4.79 Å². The molecule has 0 aromatic heterocycles. The van der Waals surface area contributed by atoms with Gasteiger partial charge in [-0.25, -0.2) is 0 Å². The van der Waals surface area contributed by atoms with E-state index in [1.807, 2.05) is 29.2 Å². The third-order valence-corrected chi connectivity index (χ3v) is 2.94. The Bertz CT molecular complexity index is 344. The average molecular weight is 232 g/mol. The van der Waals surface area contributed by atoms with Crippen LogP contribution in [0.2, 0.25) is 0 Å². The molecule has 1 fully saturated rings. The molecule has 0 atom stereocenters. The van der Waals surface area contributed by atoms with E-state index in [4.69, 9.17) is 4.74 Å². The third kappa shape index (κ3) is 3.77. The second kappa shape index (κ2) is 6.28. The molecule has 0 bridgehead atoms. The van der Waals surface area contributed by atoms with E-state index in [2.05, 4.69) is 6.07 Å². The van der Waals surface area contributed by atoms with Crippen LogP contribution in [-0.2, 0) is 4.79 Å². The van der Waals surface area contributed by atoms with Crippen molar-refractivity contribution in [2.24, 2.45) is 0 Å². The summed E-state index contributed by atoms with van der Waals surface area (Å²) in [4.78, 5) is 13.7. The van der Waals surface area contributed by atoms with Crippen molar-refractivity contribution < 1.29 is 9.53 Å². The minimum atomic E-state index is 0.269. The molecule has 1 aliphatic heterocycles. The molecule has 0 N–H and O–H groups in total. The van der Waals surface area contributed by atoms with E-state index in [-0.39, 0.29) is 5.91 Å². The zero-order valence-corrected chi connectivity index (χ0v) is 10.0. The molecule has 17 heavy (non-hydrogen) atoms. The van der Waals surface area contributed by atoms with Crippen LogP contribution in [-0.4, -0.2) is 30.5 Å². The molecule has 2 rings (SSSR count). The molecule has 1 aromatic rings. The largest absolute Gasteiger partial charge is 0.494 e. The molecule has 0 unspecified atom stereocenters. The van der Waals surface area contributed by atoms with Crippen molar-refractivity contribution >= 4 is 5.91 Å². The Morgan fingerprint density at radius 1 is 1.41 bits per heavy atom. The summed E-state index contributed by atoms with van der Waals surface area (Å²) in [5.41, 5.74) is 0. The van der Waals surface area contributed by atoms with Gasteiger partial charge in [0.25, 0.3) is 0 Å². The minimum absolute atomic E-state index is 0.269. The summed E-state index contributed by atoms with van der Waals surface area (Å²) >= 11 is 0. The molecule has 1 heterocycles. The van der Waals surface area contributed by atoms with Gasteiger partial charge >= 0.3 is 0 Å². The number of hydrogen-bond acceptors (Lipinski definition) is 2. The van der Waals surface area contributed by atoms with Gasteiger partial charge in [0, 0.05) is 19.5 Å². The van der Waals surface area contributed by atoms with Gasteiger partial charge in [0.2, 0.25) is 5.91 Å². The molecular formula is C14H18NO2. The van der Waals surface area contributed by atoms with Gasteiger partial charge in [-0.05, 0) is 37.5 Å². The summed E-state index contributed by atoms with van der Waals surface area (Å²) in [6.45, 7) is 2.47. The van der Waals surface area contributed by atoms with Gasteiger partial charge in [-0.15, -0.1) is 0 Å². The van der Waals surface area contributed by atoms with E-state index in [0.717, 1.165) is 38.1 Å². The van der Waals surface area contributed by atoms with Gasteiger partial charge in [0.15, 0.2) is 0 Å². The second-order valence-electron chi connectivity index (χ2n) is 4.28. The normalized spacial score (nSPS) is 14.9.